The fourth-order valence-electron chi connectivity index (χ4n) is 1.94. The number of carbonyl (C=O) groups excluding carboxylic acids is 1. The number of carbonyl (C=O) groups is 1. The van der Waals surface area contributed by atoms with Crippen molar-refractivity contribution in [3.05, 3.63) is 11.6 Å². The highest BCUT2D eigenvalue weighted by molar-refractivity contribution is 5.87. The molecule has 0 radical (unpaired) electrons. The molecular formula is C17H32O2. The largest absolute Gasteiger partial charge is 0.462 e. The highest BCUT2D eigenvalue weighted by atomic mass is 16.5. The van der Waals surface area contributed by atoms with Gasteiger partial charge in [0.05, 0.1) is 6.61 Å². The Labute approximate surface area is 119 Å². The number of rotatable bonds is 12. The zero-order chi connectivity index (χ0) is 14.3. The SMILES string of the molecule is CCCCC=C(C)C(=O)OCCCCCCCCC. The van der Waals surface area contributed by atoms with Crippen LogP contribution in [0.1, 0.15) is 85.0 Å². The molecule has 2 nitrogen and oxygen atoms in total. The summed E-state index contributed by atoms with van der Waals surface area (Å²) in [5.41, 5.74) is 0.761. The van der Waals surface area contributed by atoms with E-state index >= 15 is 0 Å². The van der Waals surface area contributed by atoms with Gasteiger partial charge in [0.25, 0.3) is 0 Å². The van der Waals surface area contributed by atoms with Gasteiger partial charge in [-0.2, -0.15) is 0 Å². The van der Waals surface area contributed by atoms with E-state index in [1.54, 1.807) is 0 Å². The summed E-state index contributed by atoms with van der Waals surface area (Å²) in [6.45, 7) is 6.81. The second-order valence-electron chi connectivity index (χ2n) is 5.29. The van der Waals surface area contributed by atoms with E-state index in [-0.39, 0.29) is 5.97 Å². The first kappa shape index (κ1) is 18.2. The zero-order valence-corrected chi connectivity index (χ0v) is 13.2. The van der Waals surface area contributed by atoms with Crippen molar-refractivity contribution < 1.29 is 9.53 Å². The van der Waals surface area contributed by atoms with Crippen LogP contribution < -0.4 is 0 Å². The Kier molecular flexibility index (Phi) is 13.1. The third kappa shape index (κ3) is 12.0. The second-order valence-corrected chi connectivity index (χ2v) is 5.29. The summed E-state index contributed by atoms with van der Waals surface area (Å²) in [5, 5.41) is 0. The van der Waals surface area contributed by atoms with Crippen molar-refractivity contribution in [1.82, 2.24) is 0 Å². The molecule has 0 saturated heterocycles. The molecule has 0 amide bonds. The van der Waals surface area contributed by atoms with Crippen molar-refractivity contribution in [3.8, 4) is 0 Å². The van der Waals surface area contributed by atoms with Crippen LogP contribution in [0.5, 0.6) is 0 Å². The Hall–Kier alpha value is -0.790. The minimum atomic E-state index is -0.137. The monoisotopic (exact) mass is 268 g/mol. The average molecular weight is 268 g/mol. The van der Waals surface area contributed by atoms with Crippen LogP contribution in [-0.4, -0.2) is 12.6 Å². The standard InChI is InChI=1S/C17H32O2/c1-4-6-8-9-10-11-13-15-19-17(18)16(3)14-12-7-5-2/h14H,4-13,15H2,1-3H3. The number of allylic oxidation sites excluding steroid dienone is 1. The van der Waals surface area contributed by atoms with Gasteiger partial charge < -0.3 is 4.74 Å². The lowest BCUT2D eigenvalue weighted by atomic mass is 10.1. The second kappa shape index (κ2) is 13.6. The number of esters is 1. The van der Waals surface area contributed by atoms with Crippen LogP contribution in [-0.2, 0) is 9.53 Å². The Morgan fingerprint density at radius 3 is 2.11 bits per heavy atom. The Balaban J connectivity index is 3.44. The first-order chi connectivity index (χ1) is 9.22. The van der Waals surface area contributed by atoms with Gasteiger partial charge >= 0.3 is 5.97 Å². The third-order valence-corrected chi connectivity index (χ3v) is 3.31. The van der Waals surface area contributed by atoms with E-state index in [1.807, 2.05) is 13.0 Å². The van der Waals surface area contributed by atoms with Crippen molar-refractivity contribution in [1.29, 1.82) is 0 Å². The fourth-order valence-corrected chi connectivity index (χ4v) is 1.94. The average Bonchev–Trinajstić information content (AvgIpc) is 2.41. The Morgan fingerprint density at radius 1 is 0.895 bits per heavy atom. The molecule has 0 rings (SSSR count). The van der Waals surface area contributed by atoms with Gasteiger partial charge in [-0.1, -0.05) is 71.3 Å². The van der Waals surface area contributed by atoms with E-state index in [0.29, 0.717) is 6.61 Å². The topological polar surface area (TPSA) is 26.3 Å². The highest BCUT2D eigenvalue weighted by Crippen LogP contribution is 2.08. The number of ether oxygens (including phenoxy) is 1. The van der Waals surface area contributed by atoms with Gasteiger partial charge in [0.1, 0.15) is 0 Å². The van der Waals surface area contributed by atoms with Crippen LogP contribution in [0.2, 0.25) is 0 Å². The van der Waals surface area contributed by atoms with Crippen LogP contribution in [0.4, 0.5) is 0 Å². The van der Waals surface area contributed by atoms with Crippen molar-refractivity contribution in [2.75, 3.05) is 6.61 Å². The molecule has 0 saturated carbocycles. The van der Waals surface area contributed by atoms with Gasteiger partial charge in [-0.05, 0) is 19.8 Å². The molecule has 112 valence electrons. The molecule has 0 aromatic heterocycles. The van der Waals surface area contributed by atoms with Crippen molar-refractivity contribution in [2.45, 2.75) is 85.0 Å². The predicted molar refractivity (Wildman–Crippen MR) is 82.2 cm³/mol. The van der Waals surface area contributed by atoms with E-state index in [9.17, 15) is 4.79 Å². The number of unbranched alkanes of at least 4 members (excludes halogenated alkanes) is 8. The maximum atomic E-state index is 11.6. The Bertz CT molecular complexity index is 244. The van der Waals surface area contributed by atoms with Gasteiger partial charge in [0.2, 0.25) is 0 Å². The normalized spacial score (nSPS) is 11.6. The molecule has 0 atom stereocenters. The van der Waals surface area contributed by atoms with Crippen LogP contribution in [0.3, 0.4) is 0 Å². The smallest absolute Gasteiger partial charge is 0.333 e. The summed E-state index contributed by atoms with van der Waals surface area (Å²) in [5.74, 6) is -0.137. The van der Waals surface area contributed by atoms with E-state index in [1.165, 1.54) is 38.5 Å². The van der Waals surface area contributed by atoms with Gasteiger partial charge in [0.15, 0.2) is 0 Å². The molecule has 0 spiro atoms. The van der Waals surface area contributed by atoms with E-state index in [0.717, 1.165) is 31.3 Å². The molecule has 0 fully saturated rings. The highest BCUT2D eigenvalue weighted by Gasteiger charge is 2.04. The minimum absolute atomic E-state index is 0.137. The molecular weight excluding hydrogens is 236 g/mol. The lowest BCUT2D eigenvalue weighted by Crippen LogP contribution is -2.07. The maximum absolute atomic E-state index is 11.6. The fraction of sp³-hybridized carbons (Fsp3) is 0.824. The zero-order valence-electron chi connectivity index (χ0n) is 13.2. The number of hydrogen-bond acceptors (Lipinski definition) is 2. The molecule has 0 heterocycles. The summed E-state index contributed by atoms with van der Waals surface area (Å²) >= 11 is 0. The summed E-state index contributed by atoms with van der Waals surface area (Å²) in [4.78, 5) is 11.6. The van der Waals surface area contributed by atoms with E-state index < -0.39 is 0 Å². The molecule has 19 heavy (non-hydrogen) atoms. The lowest BCUT2D eigenvalue weighted by molar-refractivity contribution is -0.139. The predicted octanol–water partition coefficient (Wildman–Crippen LogP) is 5.42. The minimum Gasteiger partial charge on any atom is -0.462 e. The molecule has 0 aromatic rings. The van der Waals surface area contributed by atoms with Crippen LogP contribution in [0.15, 0.2) is 11.6 Å². The van der Waals surface area contributed by atoms with Crippen molar-refractivity contribution in [2.24, 2.45) is 0 Å². The van der Waals surface area contributed by atoms with Crippen molar-refractivity contribution >= 4 is 5.97 Å². The molecule has 0 aromatic carbocycles. The van der Waals surface area contributed by atoms with Gasteiger partial charge in [0, 0.05) is 5.57 Å². The number of hydrogen-bond donors (Lipinski definition) is 0. The van der Waals surface area contributed by atoms with Gasteiger partial charge in [-0.25, -0.2) is 4.79 Å². The molecule has 0 bridgehead atoms. The van der Waals surface area contributed by atoms with Crippen molar-refractivity contribution in [3.63, 3.8) is 0 Å². The Morgan fingerprint density at radius 2 is 1.47 bits per heavy atom. The molecule has 0 aliphatic heterocycles. The van der Waals surface area contributed by atoms with E-state index in [4.69, 9.17) is 4.74 Å². The molecule has 0 aliphatic rings. The van der Waals surface area contributed by atoms with Crippen LogP contribution in [0, 0.1) is 0 Å². The van der Waals surface area contributed by atoms with Gasteiger partial charge in [-0.3, -0.25) is 0 Å². The van der Waals surface area contributed by atoms with Crippen LogP contribution >= 0.6 is 0 Å². The summed E-state index contributed by atoms with van der Waals surface area (Å²) in [6.07, 6.45) is 14.0. The lowest BCUT2D eigenvalue weighted by Gasteiger charge is -2.05. The summed E-state index contributed by atoms with van der Waals surface area (Å²) in [6, 6.07) is 0. The third-order valence-electron chi connectivity index (χ3n) is 3.31. The van der Waals surface area contributed by atoms with E-state index in [2.05, 4.69) is 13.8 Å². The maximum Gasteiger partial charge on any atom is 0.333 e. The quantitative estimate of drug-likeness (QED) is 0.268. The molecule has 2 heteroatoms. The van der Waals surface area contributed by atoms with Gasteiger partial charge in [-0.15, -0.1) is 0 Å². The molecule has 0 aliphatic carbocycles. The molecule has 0 unspecified atom stereocenters. The summed E-state index contributed by atoms with van der Waals surface area (Å²) in [7, 11) is 0. The first-order valence-corrected chi connectivity index (χ1v) is 8.06. The molecule has 0 N–H and O–H groups in total. The summed E-state index contributed by atoms with van der Waals surface area (Å²) < 4.78 is 5.25. The first-order valence-electron chi connectivity index (χ1n) is 8.06. The van der Waals surface area contributed by atoms with Crippen LogP contribution in [0.25, 0.3) is 0 Å².